The number of phosphoric ester groups is 1. The van der Waals surface area contributed by atoms with E-state index in [0.717, 1.165) is 19.3 Å². The van der Waals surface area contributed by atoms with Crippen LogP contribution in [0.15, 0.2) is 0 Å². The zero-order chi connectivity index (χ0) is 31.2. The summed E-state index contributed by atoms with van der Waals surface area (Å²) < 4.78 is 35.5. The van der Waals surface area contributed by atoms with Crippen molar-refractivity contribution in [3.8, 4) is 0 Å². The lowest BCUT2D eigenvalue weighted by Gasteiger charge is -2.24. The summed E-state index contributed by atoms with van der Waals surface area (Å²) in [6.07, 6.45) is 28.2. The zero-order valence-corrected chi connectivity index (χ0v) is 29.7. The summed E-state index contributed by atoms with van der Waals surface area (Å²) in [6, 6.07) is 0. The molecule has 0 aliphatic carbocycles. The normalized spacial score (nSPS) is 14.3. The molecule has 42 heavy (non-hydrogen) atoms. The van der Waals surface area contributed by atoms with E-state index in [0.29, 0.717) is 30.8 Å². The molecule has 8 heteroatoms. The van der Waals surface area contributed by atoms with Crippen LogP contribution in [0.3, 0.4) is 0 Å². The average molecular weight is 623 g/mol. The molecule has 0 bridgehead atoms. The fourth-order valence-corrected chi connectivity index (χ4v) is 5.63. The first-order valence-electron chi connectivity index (χ1n) is 17.8. The maximum absolute atomic E-state index is 12.4. The van der Waals surface area contributed by atoms with Crippen molar-refractivity contribution in [1.82, 2.24) is 0 Å². The Hall–Kier alpha value is -0.0100. The van der Waals surface area contributed by atoms with E-state index < -0.39 is 7.82 Å². The van der Waals surface area contributed by atoms with Crippen LogP contribution in [0.1, 0.15) is 155 Å². The van der Waals surface area contributed by atoms with Gasteiger partial charge in [0, 0.05) is 13.2 Å². The SMILES string of the molecule is CCCCCCCCCCCCCOC[C@H](COP(=O)(O)OCC[N+](C)(C)C)OCCCCCCCCCCCCC. The molecule has 0 fully saturated rings. The van der Waals surface area contributed by atoms with Crippen molar-refractivity contribution in [1.29, 1.82) is 0 Å². The van der Waals surface area contributed by atoms with Crippen molar-refractivity contribution in [2.45, 2.75) is 161 Å². The third-order valence-electron chi connectivity index (χ3n) is 7.74. The Morgan fingerprint density at radius 1 is 0.548 bits per heavy atom. The minimum absolute atomic E-state index is 0.00552. The largest absolute Gasteiger partial charge is 0.472 e. The Morgan fingerprint density at radius 2 is 0.952 bits per heavy atom. The molecule has 0 amide bonds. The lowest BCUT2D eigenvalue weighted by Crippen LogP contribution is -2.37. The van der Waals surface area contributed by atoms with Crippen LogP contribution in [0.4, 0.5) is 0 Å². The third kappa shape index (κ3) is 32.9. The summed E-state index contributed by atoms with van der Waals surface area (Å²) in [6.45, 7) is 6.98. The first kappa shape index (κ1) is 42.0. The molecule has 2 atom stereocenters. The van der Waals surface area contributed by atoms with Crippen molar-refractivity contribution >= 4 is 7.82 Å². The van der Waals surface area contributed by atoms with Gasteiger partial charge in [0.1, 0.15) is 19.3 Å². The van der Waals surface area contributed by atoms with E-state index in [1.165, 1.54) is 122 Å². The van der Waals surface area contributed by atoms with Crippen LogP contribution in [-0.2, 0) is 23.1 Å². The van der Waals surface area contributed by atoms with Crippen molar-refractivity contribution in [3.05, 3.63) is 0 Å². The quantitative estimate of drug-likeness (QED) is 0.0437. The van der Waals surface area contributed by atoms with Gasteiger partial charge >= 0.3 is 7.82 Å². The molecule has 1 unspecified atom stereocenters. The summed E-state index contributed by atoms with van der Waals surface area (Å²) in [5, 5.41) is 0. The monoisotopic (exact) mass is 623 g/mol. The minimum Gasteiger partial charge on any atom is -0.379 e. The number of phosphoric acid groups is 1. The third-order valence-corrected chi connectivity index (χ3v) is 8.72. The van der Waals surface area contributed by atoms with Gasteiger partial charge in [-0.2, -0.15) is 0 Å². The molecule has 0 saturated carbocycles. The van der Waals surface area contributed by atoms with Gasteiger partial charge in [0.15, 0.2) is 0 Å². The Kier molecular flexibility index (Phi) is 29.7. The number of ether oxygens (including phenoxy) is 2. The molecule has 0 aliphatic rings. The summed E-state index contributed by atoms with van der Waals surface area (Å²) in [5.74, 6) is 0. The second kappa shape index (κ2) is 29.7. The highest BCUT2D eigenvalue weighted by Crippen LogP contribution is 2.43. The van der Waals surface area contributed by atoms with Gasteiger partial charge in [0.25, 0.3) is 0 Å². The highest BCUT2D eigenvalue weighted by Gasteiger charge is 2.25. The van der Waals surface area contributed by atoms with Crippen LogP contribution in [0.2, 0.25) is 0 Å². The molecule has 0 aromatic heterocycles. The van der Waals surface area contributed by atoms with E-state index in [-0.39, 0.29) is 19.3 Å². The smallest absolute Gasteiger partial charge is 0.379 e. The molecular weight excluding hydrogens is 549 g/mol. The molecule has 254 valence electrons. The van der Waals surface area contributed by atoms with E-state index in [9.17, 15) is 9.46 Å². The summed E-state index contributed by atoms with van der Waals surface area (Å²) in [4.78, 5) is 10.1. The molecule has 0 saturated heterocycles. The van der Waals surface area contributed by atoms with Crippen LogP contribution >= 0.6 is 7.82 Å². The number of quaternary nitrogens is 1. The van der Waals surface area contributed by atoms with Crippen molar-refractivity contribution < 1.29 is 32.5 Å². The molecule has 0 heterocycles. The van der Waals surface area contributed by atoms with Gasteiger partial charge in [-0.05, 0) is 12.8 Å². The molecule has 0 aromatic rings. The van der Waals surface area contributed by atoms with Crippen LogP contribution in [0, 0.1) is 0 Å². The average Bonchev–Trinajstić information content (AvgIpc) is 2.93. The second-order valence-electron chi connectivity index (χ2n) is 13.3. The first-order valence-corrected chi connectivity index (χ1v) is 19.3. The van der Waals surface area contributed by atoms with Crippen LogP contribution in [-0.4, -0.2) is 76.2 Å². The molecule has 0 aromatic carbocycles. The maximum Gasteiger partial charge on any atom is 0.472 e. The van der Waals surface area contributed by atoms with Crippen molar-refractivity contribution in [2.24, 2.45) is 0 Å². The Balaban J connectivity index is 4.15. The Labute approximate surface area is 262 Å². The fourth-order valence-electron chi connectivity index (χ4n) is 4.89. The molecule has 0 radical (unpaired) electrons. The number of nitrogens with zero attached hydrogens (tertiary/aromatic N) is 1. The van der Waals surface area contributed by atoms with E-state index in [2.05, 4.69) is 13.8 Å². The molecule has 0 rings (SSSR count). The molecule has 1 N–H and O–H groups in total. The summed E-state index contributed by atoms with van der Waals surface area (Å²) >= 11 is 0. The predicted octanol–water partition coefficient (Wildman–Crippen LogP) is 9.85. The van der Waals surface area contributed by atoms with E-state index in [1.54, 1.807) is 0 Å². The highest BCUT2D eigenvalue weighted by molar-refractivity contribution is 7.47. The second-order valence-corrected chi connectivity index (χ2v) is 14.7. The van der Waals surface area contributed by atoms with Gasteiger partial charge in [-0.15, -0.1) is 0 Å². The van der Waals surface area contributed by atoms with Gasteiger partial charge in [-0.3, -0.25) is 9.05 Å². The van der Waals surface area contributed by atoms with Crippen molar-refractivity contribution in [3.63, 3.8) is 0 Å². The number of rotatable bonds is 34. The van der Waals surface area contributed by atoms with E-state index in [4.69, 9.17) is 18.5 Å². The van der Waals surface area contributed by atoms with Gasteiger partial charge in [-0.25, -0.2) is 4.57 Å². The fraction of sp³-hybridized carbons (Fsp3) is 1.00. The zero-order valence-electron chi connectivity index (χ0n) is 28.8. The Morgan fingerprint density at radius 3 is 1.38 bits per heavy atom. The van der Waals surface area contributed by atoms with Gasteiger partial charge < -0.3 is 18.9 Å². The van der Waals surface area contributed by atoms with Gasteiger partial charge in [0.05, 0.1) is 34.4 Å². The maximum atomic E-state index is 12.4. The van der Waals surface area contributed by atoms with Crippen LogP contribution in [0.5, 0.6) is 0 Å². The number of hydrogen-bond acceptors (Lipinski definition) is 5. The number of likely N-dealkylation sites (N-methyl/N-ethyl adjacent to an activating group) is 1. The van der Waals surface area contributed by atoms with Crippen LogP contribution in [0.25, 0.3) is 0 Å². The van der Waals surface area contributed by atoms with Gasteiger partial charge in [-0.1, -0.05) is 142 Å². The van der Waals surface area contributed by atoms with E-state index in [1.807, 2.05) is 21.1 Å². The van der Waals surface area contributed by atoms with E-state index >= 15 is 0 Å². The topological polar surface area (TPSA) is 74.2 Å². The molecule has 0 spiro atoms. The summed E-state index contributed by atoms with van der Waals surface area (Å²) in [7, 11) is 1.92. The standard InChI is InChI=1S/C34H72NO6P/c1-6-8-10-12-14-16-18-20-22-24-26-29-38-32-34(33-41-42(36,37)40-31-28-35(3,4)5)39-30-27-25-23-21-19-17-15-13-11-9-7-2/h34H,6-33H2,1-5H3/p+1/t34-/m1/s1. The molecule has 0 aliphatic heterocycles. The van der Waals surface area contributed by atoms with Gasteiger partial charge in [0.2, 0.25) is 0 Å². The number of hydrogen-bond donors (Lipinski definition) is 1. The van der Waals surface area contributed by atoms with Crippen LogP contribution < -0.4 is 0 Å². The minimum atomic E-state index is -4.12. The lowest BCUT2D eigenvalue weighted by molar-refractivity contribution is -0.870. The number of unbranched alkanes of at least 4 members (excludes halogenated alkanes) is 20. The summed E-state index contributed by atoms with van der Waals surface area (Å²) in [5.41, 5.74) is 0. The molecule has 7 nitrogen and oxygen atoms in total. The Bertz CT molecular complexity index is 601. The highest BCUT2D eigenvalue weighted by atomic mass is 31.2. The molecular formula is C34H73NO6P+. The van der Waals surface area contributed by atoms with Crippen molar-refractivity contribution in [2.75, 3.05) is 60.7 Å². The predicted molar refractivity (Wildman–Crippen MR) is 178 cm³/mol. The first-order chi connectivity index (χ1) is 20.2. The lowest BCUT2D eigenvalue weighted by atomic mass is 10.1.